The molecule has 2 heterocycles. The van der Waals surface area contributed by atoms with Crippen LogP contribution in [0.2, 0.25) is 0 Å². The quantitative estimate of drug-likeness (QED) is 0.840. The summed E-state index contributed by atoms with van der Waals surface area (Å²) in [4.78, 5) is 19.2. The smallest absolute Gasteiger partial charge is 0.328 e. The molecule has 0 saturated carbocycles. The lowest BCUT2D eigenvalue weighted by atomic mass is 10.2. The van der Waals surface area contributed by atoms with E-state index in [4.69, 9.17) is 5.11 Å². The van der Waals surface area contributed by atoms with Gasteiger partial charge in [-0.1, -0.05) is 13.8 Å². The van der Waals surface area contributed by atoms with Crippen LogP contribution in [0.4, 0.5) is 0 Å². The minimum Gasteiger partial charge on any atom is -0.478 e. The molecule has 2 aromatic rings. The molecule has 0 radical (unpaired) electrons. The van der Waals surface area contributed by atoms with E-state index in [1.807, 2.05) is 13.8 Å². The molecule has 0 aromatic carbocycles. The van der Waals surface area contributed by atoms with Gasteiger partial charge < -0.3 is 5.11 Å². The maximum atomic E-state index is 10.5. The van der Waals surface area contributed by atoms with Crippen LogP contribution in [0.15, 0.2) is 24.4 Å². The van der Waals surface area contributed by atoms with E-state index in [1.165, 1.54) is 6.08 Å². The number of aromatic nitrogens is 4. The van der Waals surface area contributed by atoms with E-state index in [-0.39, 0.29) is 0 Å². The SMILES string of the molecule is CCc1nc(CC)n(-c2ccc(/C=C/C(=O)O)cn2)n1. The normalized spacial score (nSPS) is 11.1. The minimum absolute atomic E-state index is 0.682. The summed E-state index contributed by atoms with van der Waals surface area (Å²) in [5, 5.41) is 13.0. The summed E-state index contributed by atoms with van der Waals surface area (Å²) in [6.45, 7) is 4.02. The average Bonchev–Trinajstić information content (AvgIpc) is 2.89. The second kappa shape index (κ2) is 6.10. The lowest BCUT2D eigenvalue weighted by Gasteiger charge is -2.03. The standard InChI is InChI=1S/C14H16N4O2/c1-3-11-16-12(4-2)18(17-11)13-7-5-10(9-15-13)6-8-14(19)20/h5-9H,3-4H2,1-2H3,(H,19,20)/b8-6+. The summed E-state index contributed by atoms with van der Waals surface area (Å²) in [7, 11) is 0. The van der Waals surface area contributed by atoms with Gasteiger partial charge in [-0.2, -0.15) is 4.68 Å². The van der Waals surface area contributed by atoms with E-state index >= 15 is 0 Å². The number of nitrogens with zero attached hydrogens (tertiary/aromatic N) is 4. The number of carboxylic acid groups (broad SMARTS) is 1. The molecule has 0 fully saturated rings. The van der Waals surface area contributed by atoms with Crippen molar-refractivity contribution in [1.29, 1.82) is 0 Å². The molecule has 0 amide bonds. The summed E-state index contributed by atoms with van der Waals surface area (Å²) in [5.41, 5.74) is 0.727. The largest absolute Gasteiger partial charge is 0.478 e. The Morgan fingerprint density at radius 2 is 2.15 bits per heavy atom. The van der Waals surface area contributed by atoms with Crippen LogP contribution >= 0.6 is 0 Å². The number of carboxylic acids is 1. The van der Waals surface area contributed by atoms with Crippen molar-refractivity contribution in [2.75, 3.05) is 0 Å². The molecule has 0 atom stereocenters. The zero-order valence-corrected chi connectivity index (χ0v) is 11.4. The molecule has 0 aliphatic rings. The maximum absolute atomic E-state index is 10.5. The fraction of sp³-hybridized carbons (Fsp3) is 0.286. The van der Waals surface area contributed by atoms with E-state index in [0.29, 0.717) is 5.82 Å². The van der Waals surface area contributed by atoms with Crippen LogP contribution in [-0.2, 0) is 17.6 Å². The van der Waals surface area contributed by atoms with Crippen molar-refractivity contribution >= 4 is 12.0 Å². The molecule has 0 spiro atoms. The zero-order chi connectivity index (χ0) is 14.5. The van der Waals surface area contributed by atoms with Crippen LogP contribution in [0.1, 0.15) is 31.1 Å². The lowest BCUT2D eigenvalue weighted by Crippen LogP contribution is -2.04. The van der Waals surface area contributed by atoms with Crippen molar-refractivity contribution in [2.45, 2.75) is 26.7 Å². The van der Waals surface area contributed by atoms with Gasteiger partial charge in [0.05, 0.1) is 0 Å². The molecule has 0 aliphatic heterocycles. The Morgan fingerprint density at radius 1 is 1.35 bits per heavy atom. The topological polar surface area (TPSA) is 80.9 Å². The van der Waals surface area contributed by atoms with Crippen molar-refractivity contribution in [1.82, 2.24) is 19.7 Å². The number of pyridine rings is 1. The molecule has 20 heavy (non-hydrogen) atoms. The number of rotatable bonds is 5. The van der Waals surface area contributed by atoms with Gasteiger partial charge in [0.2, 0.25) is 0 Å². The number of hydrogen-bond acceptors (Lipinski definition) is 4. The second-order valence-electron chi connectivity index (χ2n) is 4.18. The Hall–Kier alpha value is -2.50. The lowest BCUT2D eigenvalue weighted by molar-refractivity contribution is -0.131. The van der Waals surface area contributed by atoms with Crippen molar-refractivity contribution in [3.05, 3.63) is 41.6 Å². The molecule has 0 unspecified atom stereocenters. The Kier molecular flexibility index (Phi) is 4.24. The number of aryl methyl sites for hydroxylation is 2. The molecule has 6 heteroatoms. The summed E-state index contributed by atoms with van der Waals surface area (Å²) in [6, 6.07) is 3.60. The van der Waals surface area contributed by atoms with Gasteiger partial charge in [-0.25, -0.2) is 14.8 Å². The molecule has 6 nitrogen and oxygen atoms in total. The van der Waals surface area contributed by atoms with Gasteiger partial charge >= 0.3 is 5.97 Å². The third-order valence-corrected chi connectivity index (χ3v) is 2.76. The van der Waals surface area contributed by atoms with Crippen molar-refractivity contribution in [3.63, 3.8) is 0 Å². The third-order valence-electron chi connectivity index (χ3n) is 2.76. The molecule has 1 N–H and O–H groups in total. The Morgan fingerprint density at radius 3 is 2.70 bits per heavy atom. The van der Waals surface area contributed by atoms with E-state index in [0.717, 1.165) is 36.1 Å². The summed E-state index contributed by atoms with van der Waals surface area (Å²) in [5.74, 6) is 1.36. The molecule has 2 rings (SSSR count). The van der Waals surface area contributed by atoms with E-state index in [2.05, 4.69) is 15.1 Å². The summed E-state index contributed by atoms with van der Waals surface area (Å²) < 4.78 is 1.73. The number of carbonyl (C=O) groups is 1. The Bertz CT molecular complexity index is 629. The molecule has 2 aromatic heterocycles. The molecular formula is C14H16N4O2. The van der Waals surface area contributed by atoms with Gasteiger partial charge in [-0.05, 0) is 23.8 Å². The zero-order valence-electron chi connectivity index (χ0n) is 11.4. The number of aliphatic carboxylic acids is 1. The maximum Gasteiger partial charge on any atom is 0.328 e. The van der Waals surface area contributed by atoms with Crippen molar-refractivity contribution < 1.29 is 9.90 Å². The van der Waals surface area contributed by atoms with Gasteiger partial charge in [-0.15, -0.1) is 5.10 Å². The monoisotopic (exact) mass is 272 g/mol. The van der Waals surface area contributed by atoms with Gasteiger partial charge in [0.15, 0.2) is 11.6 Å². The predicted molar refractivity (Wildman–Crippen MR) is 74.6 cm³/mol. The first kappa shape index (κ1) is 13.9. The van der Waals surface area contributed by atoms with Gasteiger partial charge in [0.25, 0.3) is 0 Å². The van der Waals surface area contributed by atoms with Crippen molar-refractivity contribution in [2.24, 2.45) is 0 Å². The predicted octanol–water partition coefficient (Wildman–Crippen LogP) is 1.88. The molecule has 104 valence electrons. The Balaban J connectivity index is 2.30. The van der Waals surface area contributed by atoms with Crippen LogP contribution in [0, 0.1) is 0 Å². The number of hydrogen-bond donors (Lipinski definition) is 1. The first-order chi connectivity index (χ1) is 9.63. The highest BCUT2D eigenvalue weighted by Crippen LogP contribution is 2.10. The van der Waals surface area contributed by atoms with Crippen molar-refractivity contribution in [3.8, 4) is 5.82 Å². The molecule has 0 bridgehead atoms. The molecule has 0 aliphatic carbocycles. The van der Waals surface area contributed by atoms with Crippen LogP contribution in [0.5, 0.6) is 0 Å². The van der Waals surface area contributed by atoms with Gasteiger partial charge in [-0.3, -0.25) is 0 Å². The average molecular weight is 272 g/mol. The fourth-order valence-electron chi connectivity index (χ4n) is 1.74. The van der Waals surface area contributed by atoms with E-state index in [9.17, 15) is 4.79 Å². The van der Waals surface area contributed by atoms with E-state index in [1.54, 1.807) is 23.0 Å². The Labute approximate surface area is 116 Å². The first-order valence-electron chi connectivity index (χ1n) is 6.46. The van der Waals surface area contributed by atoms with Gasteiger partial charge in [0.1, 0.15) is 5.82 Å². The highest BCUT2D eigenvalue weighted by Gasteiger charge is 2.09. The summed E-state index contributed by atoms with van der Waals surface area (Å²) in [6.07, 6.45) is 5.74. The van der Waals surface area contributed by atoms with Crippen LogP contribution in [0.3, 0.4) is 0 Å². The second-order valence-corrected chi connectivity index (χ2v) is 4.18. The highest BCUT2D eigenvalue weighted by molar-refractivity contribution is 5.85. The van der Waals surface area contributed by atoms with Crippen LogP contribution in [-0.4, -0.2) is 30.8 Å². The van der Waals surface area contributed by atoms with Crippen LogP contribution in [0.25, 0.3) is 11.9 Å². The third kappa shape index (κ3) is 3.09. The van der Waals surface area contributed by atoms with Crippen LogP contribution < -0.4 is 0 Å². The minimum atomic E-state index is -0.980. The van der Waals surface area contributed by atoms with E-state index < -0.39 is 5.97 Å². The first-order valence-corrected chi connectivity index (χ1v) is 6.46. The van der Waals surface area contributed by atoms with Gasteiger partial charge in [0, 0.05) is 25.1 Å². The molecular weight excluding hydrogens is 256 g/mol. The fourth-order valence-corrected chi connectivity index (χ4v) is 1.74. The highest BCUT2D eigenvalue weighted by atomic mass is 16.4. The molecule has 0 saturated heterocycles. The summed E-state index contributed by atoms with van der Waals surface area (Å²) >= 11 is 0.